The molecule has 2 aromatic rings. The monoisotopic (exact) mass is 324 g/mol. The minimum absolute atomic E-state index is 0.0709. The van der Waals surface area contributed by atoms with Gasteiger partial charge in [-0.15, -0.1) is 0 Å². The number of methoxy groups -OCH3 is 1. The zero-order valence-electron chi connectivity index (χ0n) is 14.1. The lowest BCUT2D eigenvalue weighted by Gasteiger charge is -2.30. The van der Waals surface area contributed by atoms with Gasteiger partial charge >= 0.3 is 0 Å². The summed E-state index contributed by atoms with van der Waals surface area (Å²) in [5.41, 5.74) is 3.65. The summed E-state index contributed by atoms with van der Waals surface area (Å²) in [5, 5.41) is 3.02. The van der Waals surface area contributed by atoms with Crippen LogP contribution in [0.25, 0.3) is 0 Å². The highest BCUT2D eigenvalue weighted by atomic mass is 16.5. The van der Waals surface area contributed by atoms with Crippen LogP contribution in [0, 0.1) is 0 Å². The van der Waals surface area contributed by atoms with Gasteiger partial charge in [0.1, 0.15) is 5.75 Å². The van der Waals surface area contributed by atoms with Crippen molar-refractivity contribution in [1.82, 2.24) is 5.32 Å². The molecule has 0 saturated heterocycles. The SMILES string of the molecule is COc1ccccc1CCNC(=O)CN1CCCc2ccccc21. The van der Waals surface area contributed by atoms with Crippen molar-refractivity contribution in [1.29, 1.82) is 0 Å². The smallest absolute Gasteiger partial charge is 0.239 e. The first kappa shape index (κ1) is 16.4. The Morgan fingerprint density at radius 2 is 1.96 bits per heavy atom. The molecule has 3 rings (SSSR count). The van der Waals surface area contributed by atoms with Gasteiger partial charge in [-0.2, -0.15) is 0 Å². The van der Waals surface area contributed by atoms with Gasteiger partial charge in [0.15, 0.2) is 0 Å². The number of nitrogens with one attached hydrogen (secondary N) is 1. The van der Waals surface area contributed by atoms with E-state index in [1.165, 1.54) is 11.3 Å². The molecule has 1 aliphatic heterocycles. The van der Waals surface area contributed by atoms with Crippen LogP contribution >= 0.6 is 0 Å². The molecule has 0 atom stereocenters. The number of hydrogen-bond acceptors (Lipinski definition) is 3. The van der Waals surface area contributed by atoms with E-state index in [9.17, 15) is 4.79 Å². The number of fused-ring (bicyclic) bond motifs is 1. The Labute approximate surface area is 143 Å². The highest BCUT2D eigenvalue weighted by Crippen LogP contribution is 2.26. The van der Waals surface area contributed by atoms with E-state index in [0.29, 0.717) is 13.1 Å². The van der Waals surface area contributed by atoms with Crippen molar-refractivity contribution >= 4 is 11.6 Å². The Morgan fingerprint density at radius 1 is 1.17 bits per heavy atom. The van der Waals surface area contributed by atoms with Crippen molar-refractivity contribution < 1.29 is 9.53 Å². The summed E-state index contributed by atoms with van der Waals surface area (Å²) >= 11 is 0. The largest absolute Gasteiger partial charge is 0.496 e. The van der Waals surface area contributed by atoms with E-state index < -0.39 is 0 Å². The molecule has 1 aliphatic rings. The van der Waals surface area contributed by atoms with Gasteiger partial charge in [-0.1, -0.05) is 36.4 Å². The predicted molar refractivity (Wildman–Crippen MR) is 96.7 cm³/mol. The van der Waals surface area contributed by atoms with Crippen LogP contribution in [0.15, 0.2) is 48.5 Å². The molecule has 126 valence electrons. The van der Waals surface area contributed by atoms with E-state index in [1.54, 1.807) is 7.11 Å². The fraction of sp³-hybridized carbons (Fsp3) is 0.350. The summed E-state index contributed by atoms with van der Waals surface area (Å²) in [6.07, 6.45) is 2.97. The molecule has 1 N–H and O–H groups in total. The molecule has 1 heterocycles. The maximum absolute atomic E-state index is 12.3. The summed E-state index contributed by atoms with van der Waals surface area (Å²) in [5.74, 6) is 0.943. The fourth-order valence-electron chi connectivity index (χ4n) is 3.25. The van der Waals surface area contributed by atoms with Gasteiger partial charge in [0, 0.05) is 18.8 Å². The average Bonchev–Trinajstić information content (AvgIpc) is 2.62. The van der Waals surface area contributed by atoms with E-state index in [-0.39, 0.29) is 5.91 Å². The molecule has 0 fully saturated rings. The molecule has 0 aromatic heterocycles. The summed E-state index contributed by atoms with van der Waals surface area (Å²) in [7, 11) is 1.67. The van der Waals surface area contributed by atoms with Gasteiger partial charge in [-0.05, 0) is 42.5 Å². The summed E-state index contributed by atoms with van der Waals surface area (Å²) in [6.45, 7) is 1.98. The van der Waals surface area contributed by atoms with Gasteiger partial charge in [0.2, 0.25) is 5.91 Å². The number of nitrogens with zero attached hydrogens (tertiary/aromatic N) is 1. The third-order valence-corrected chi connectivity index (χ3v) is 4.45. The first-order chi connectivity index (χ1) is 11.8. The van der Waals surface area contributed by atoms with Gasteiger partial charge in [0.25, 0.3) is 0 Å². The lowest BCUT2D eigenvalue weighted by molar-refractivity contribution is -0.119. The van der Waals surface area contributed by atoms with E-state index in [4.69, 9.17) is 4.74 Å². The van der Waals surface area contributed by atoms with Crippen molar-refractivity contribution in [3.05, 3.63) is 59.7 Å². The van der Waals surface area contributed by atoms with Crippen molar-refractivity contribution in [3.8, 4) is 5.75 Å². The van der Waals surface area contributed by atoms with Crippen LogP contribution in [0.2, 0.25) is 0 Å². The number of amides is 1. The Bertz CT molecular complexity index is 700. The molecule has 0 radical (unpaired) electrons. The highest BCUT2D eigenvalue weighted by Gasteiger charge is 2.18. The van der Waals surface area contributed by atoms with Crippen LogP contribution in [-0.4, -0.2) is 32.7 Å². The van der Waals surface area contributed by atoms with E-state index in [1.807, 2.05) is 30.3 Å². The van der Waals surface area contributed by atoms with Gasteiger partial charge in [-0.25, -0.2) is 0 Å². The zero-order chi connectivity index (χ0) is 16.8. The zero-order valence-corrected chi connectivity index (χ0v) is 14.1. The summed E-state index contributed by atoms with van der Waals surface area (Å²) in [4.78, 5) is 14.5. The number of hydrogen-bond donors (Lipinski definition) is 1. The van der Waals surface area contributed by atoms with Crippen LogP contribution in [0.4, 0.5) is 5.69 Å². The molecule has 2 aromatic carbocycles. The molecule has 0 unspecified atom stereocenters. The lowest BCUT2D eigenvalue weighted by Crippen LogP contribution is -2.40. The van der Waals surface area contributed by atoms with E-state index in [2.05, 4.69) is 28.4 Å². The number of para-hydroxylation sites is 2. The number of carbonyl (C=O) groups is 1. The fourth-order valence-corrected chi connectivity index (χ4v) is 3.25. The molecule has 4 nitrogen and oxygen atoms in total. The molecule has 24 heavy (non-hydrogen) atoms. The van der Waals surface area contributed by atoms with Crippen molar-refractivity contribution in [2.45, 2.75) is 19.3 Å². The first-order valence-electron chi connectivity index (χ1n) is 8.49. The minimum Gasteiger partial charge on any atom is -0.496 e. The first-order valence-corrected chi connectivity index (χ1v) is 8.49. The van der Waals surface area contributed by atoms with Crippen LogP contribution in [0.3, 0.4) is 0 Å². The topological polar surface area (TPSA) is 41.6 Å². The van der Waals surface area contributed by atoms with Crippen molar-refractivity contribution in [2.24, 2.45) is 0 Å². The summed E-state index contributed by atoms with van der Waals surface area (Å²) < 4.78 is 5.34. The Morgan fingerprint density at radius 3 is 2.83 bits per heavy atom. The molecule has 4 heteroatoms. The number of carbonyl (C=O) groups excluding carboxylic acids is 1. The molecule has 0 bridgehead atoms. The van der Waals surface area contributed by atoms with Crippen molar-refractivity contribution in [2.75, 3.05) is 31.6 Å². The predicted octanol–water partition coefficient (Wildman–Crippen LogP) is 2.81. The van der Waals surface area contributed by atoms with Gasteiger partial charge in [0.05, 0.1) is 13.7 Å². The average molecular weight is 324 g/mol. The molecular formula is C20H24N2O2. The molecule has 0 aliphatic carbocycles. The number of benzene rings is 2. The number of aryl methyl sites for hydroxylation is 1. The summed E-state index contributed by atoms with van der Waals surface area (Å²) in [6, 6.07) is 16.3. The standard InChI is InChI=1S/C20H24N2O2/c1-24-19-11-5-3-8-17(19)12-13-21-20(23)15-22-14-6-9-16-7-2-4-10-18(16)22/h2-5,7-8,10-11H,6,9,12-15H2,1H3,(H,21,23). The lowest BCUT2D eigenvalue weighted by atomic mass is 10.0. The third kappa shape index (κ3) is 3.88. The van der Waals surface area contributed by atoms with Crippen LogP contribution in [0.1, 0.15) is 17.5 Å². The maximum Gasteiger partial charge on any atom is 0.239 e. The number of anilines is 1. The minimum atomic E-state index is 0.0709. The molecular weight excluding hydrogens is 300 g/mol. The third-order valence-electron chi connectivity index (χ3n) is 4.45. The van der Waals surface area contributed by atoms with Crippen molar-refractivity contribution in [3.63, 3.8) is 0 Å². The molecule has 1 amide bonds. The second kappa shape index (κ2) is 7.86. The van der Waals surface area contributed by atoms with Crippen LogP contribution in [-0.2, 0) is 17.6 Å². The van der Waals surface area contributed by atoms with Gasteiger partial charge < -0.3 is 15.0 Å². The second-order valence-electron chi connectivity index (χ2n) is 6.07. The number of rotatable bonds is 6. The maximum atomic E-state index is 12.3. The highest BCUT2D eigenvalue weighted by molar-refractivity contribution is 5.81. The normalized spacial score (nSPS) is 13.3. The second-order valence-corrected chi connectivity index (χ2v) is 6.07. The Kier molecular flexibility index (Phi) is 5.36. The molecule has 0 spiro atoms. The van der Waals surface area contributed by atoms with E-state index >= 15 is 0 Å². The molecule has 0 saturated carbocycles. The quantitative estimate of drug-likeness (QED) is 0.888. The van der Waals surface area contributed by atoms with Crippen LogP contribution in [0.5, 0.6) is 5.75 Å². The van der Waals surface area contributed by atoms with Gasteiger partial charge in [-0.3, -0.25) is 4.79 Å². The van der Waals surface area contributed by atoms with E-state index in [0.717, 1.165) is 37.1 Å². The number of ether oxygens (including phenoxy) is 1. The Balaban J connectivity index is 1.52. The Hall–Kier alpha value is -2.49. The van der Waals surface area contributed by atoms with Crippen LogP contribution < -0.4 is 15.0 Å².